The summed E-state index contributed by atoms with van der Waals surface area (Å²) in [5.74, 6) is 1.37. The summed E-state index contributed by atoms with van der Waals surface area (Å²) < 4.78 is 22.4. The molecule has 1 rings (SSSR count). The molecule has 12 heavy (non-hydrogen) atoms. The van der Waals surface area contributed by atoms with E-state index in [4.69, 9.17) is 0 Å². The van der Waals surface area contributed by atoms with Crippen molar-refractivity contribution in [2.45, 2.75) is 26.2 Å². The van der Waals surface area contributed by atoms with Crippen LogP contribution < -0.4 is 0 Å². The first-order chi connectivity index (χ1) is 5.59. The zero-order chi connectivity index (χ0) is 9.14. The van der Waals surface area contributed by atoms with Crippen LogP contribution in [-0.4, -0.2) is 26.7 Å². The fourth-order valence-corrected chi connectivity index (χ4v) is 2.25. The Morgan fingerprint density at radius 1 is 1.58 bits per heavy atom. The van der Waals surface area contributed by atoms with E-state index in [2.05, 4.69) is 6.92 Å². The van der Waals surface area contributed by atoms with Gasteiger partial charge in [0.2, 0.25) is 0 Å². The van der Waals surface area contributed by atoms with Gasteiger partial charge in [0.15, 0.2) is 0 Å². The van der Waals surface area contributed by atoms with Crippen molar-refractivity contribution >= 4 is 11.3 Å². The predicted molar refractivity (Wildman–Crippen MR) is 48.1 cm³/mol. The van der Waals surface area contributed by atoms with Gasteiger partial charge in [-0.15, -0.1) is 0 Å². The zero-order valence-corrected chi connectivity index (χ0v) is 8.47. The van der Waals surface area contributed by atoms with E-state index in [9.17, 15) is 8.76 Å². The van der Waals surface area contributed by atoms with Crippen LogP contribution in [0, 0.1) is 11.8 Å². The third-order valence-electron chi connectivity index (χ3n) is 2.57. The topological polar surface area (TPSA) is 43.4 Å². The molecule has 3 atom stereocenters. The molecule has 3 nitrogen and oxygen atoms in total. The Bertz CT molecular complexity index is 174. The van der Waals surface area contributed by atoms with Crippen LogP contribution in [0.2, 0.25) is 0 Å². The highest BCUT2D eigenvalue weighted by atomic mass is 32.2. The third kappa shape index (κ3) is 2.84. The normalized spacial score (nSPS) is 32.7. The molecule has 4 heteroatoms. The molecule has 0 aromatic heterocycles. The van der Waals surface area contributed by atoms with Gasteiger partial charge in [0.1, 0.15) is 0 Å². The largest absolute Gasteiger partial charge is 0.760 e. The molecular formula is C8H16NO2S-. The van der Waals surface area contributed by atoms with Crippen LogP contribution in [0.3, 0.4) is 0 Å². The molecule has 1 fully saturated rings. The van der Waals surface area contributed by atoms with Crippen LogP contribution in [0.1, 0.15) is 26.2 Å². The maximum Gasteiger partial charge on any atom is 0.0206 e. The minimum Gasteiger partial charge on any atom is -0.760 e. The molecule has 0 amide bonds. The van der Waals surface area contributed by atoms with E-state index in [1.165, 1.54) is 23.6 Å². The molecule has 72 valence electrons. The lowest BCUT2D eigenvalue weighted by atomic mass is 10.1. The summed E-state index contributed by atoms with van der Waals surface area (Å²) in [6, 6.07) is 0. The predicted octanol–water partition coefficient (Wildman–Crippen LogP) is 1.15. The summed E-state index contributed by atoms with van der Waals surface area (Å²) in [6.45, 7) is 2.93. The van der Waals surface area contributed by atoms with Gasteiger partial charge in [-0.05, 0) is 31.7 Å². The molecule has 0 heterocycles. The van der Waals surface area contributed by atoms with E-state index in [0.29, 0.717) is 12.5 Å². The minimum atomic E-state index is -2.03. The lowest BCUT2D eigenvalue weighted by Crippen LogP contribution is -2.26. The van der Waals surface area contributed by atoms with Gasteiger partial charge in [0.25, 0.3) is 0 Å². The highest BCUT2D eigenvalue weighted by molar-refractivity contribution is 7.76. The summed E-state index contributed by atoms with van der Waals surface area (Å²) in [6.07, 6.45) is 3.62. The molecule has 0 aromatic carbocycles. The van der Waals surface area contributed by atoms with Crippen molar-refractivity contribution in [3.63, 3.8) is 0 Å². The van der Waals surface area contributed by atoms with Crippen molar-refractivity contribution in [3.05, 3.63) is 0 Å². The van der Waals surface area contributed by atoms with Crippen molar-refractivity contribution in [1.29, 1.82) is 0 Å². The van der Waals surface area contributed by atoms with Gasteiger partial charge in [-0.3, -0.25) is 4.21 Å². The van der Waals surface area contributed by atoms with Gasteiger partial charge in [-0.25, -0.2) is 4.31 Å². The van der Waals surface area contributed by atoms with Crippen LogP contribution >= 0.6 is 0 Å². The number of rotatable bonds is 3. The first-order valence-corrected chi connectivity index (χ1v) is 5.43. The fraction of sp³-hybridized carbons (Fsp3) is 1.00. The SMILES string of the molecule is CC1CCC(CN(C)S(=O)[O-])C1. The Balaban J connectivity index is 2.27. The van der Waals surface area contributed by atoms with Crippen LogP contribution in [0.5, 0.6) is 0 Å². The first kappa shape index (κ1) is 10.2. The summed E-state index contributed by atoms with van der Waals surface area (Å²) in [4.78, 5) is 0. The van der Waals surface area contributed by atoms with Gasteiger partial charge in [-0.2, -0.15) is 0 Å². The van der Waals surface area contributed by atoms with Gasteiger partial charge >= 0.3 is 0 Å². The number of hydrogen-bond donors (Lipinski definition) is 0. The van der Waals surface area contributed by atoms with E-state index >= 15 is 0 Å². The molecule has 0 aromatic rings. The van der Waals surface area contributed by atoms with E-state index in [-0.39, 0.29) is 0 Å². The first-order valence-electron chi connectivity index (χ1n) is 4.40. The quantitative estimate of drug-likeness (QED) is 0.626. The molecule has 3 unspecified atom stereocenters. The second-order valence-corrected chi connectivity index (χ2v) is 4.87. The zero-order valence-electron chi connectivity index (χ0n) is 7.66. The summed E-state index contributed by atoms with van der Waals surface area (Å²) in [7, 11) is 1.63. The molecular weight excluding hydrogens is 174 g/mol. The summed E-state index contributed by atoms with van der Waals surface area (Å²) in [5.41, 5.74) is 0. The molecule has 0 aliphatic heterocycles. The average Bonchev–Trinajstić information content (AvgIpc) is 2.35. The van der Waals surface area contributed by atoms with Crippen molar-refractivity contribution < 1.29 is 8.76 Å². The Morgan fingerprint density at radius 3 is 2.67 bits per heavy atom. The van der Waals surface area contributed by atoms with E-state index < -0.39 is 11.3 Å². The van der Waals surface area contributed by atoms with Crippen LogP contribution in [0.15, 0.2) is 0 Å². The number of nitrogens with zero attached hydrogens (tertiary/aromatic N) is 1. The van der Waals surface area contributed by atoms with Gasteiger partial charge in [0.05, 0.1) is 0 Å². The summed E-state index contributed by atoms with van der Waals surface area (Å²) >= 11 is -2.03. The molecule has 1 aliphatic rings. The molecule has 0 N–H and O–H groups in total. The smallest absolute Gasteiger partial charge is 0.0206 e. The Kier molecular flexibility index (Phi) is 3.68. The van der Waals surface area contributed by atoms with Gasteiger partial charge < -0.3 is 4.55 Å². The highest BCUT2D eigenvalue weighted by Crippen LogP contribution is 2.30. The standard InChI is InChI=1S/C8H17NO2S/c1-7-3-4-8(5-7)6-9(2)12(10)11/h7-8H,3-6H2,1-2H3,(H,10,11)/p-1. The van der Waals surface area contributed by atoms with E-state index in [1.807, 2.05) is 0 Å². The summed E-state index contributed by atoms with van der Waals surface area (Å²) in [5, 5.41) is 0. The number of hydrogen-bond acceptors (Lipinski definition) is 2. The lowest BCUT2D eigenvalue weighted by molar-refractivity contribution is 0.366. The third-order valence-corrected chi connectivity index (χ3v) is 3.23. The molecule has 0 radical (unpaired) electrons. The molecule has 0 bridgehead atoms. The minimum absolute atomic E-state index is 0.586. The maximum absolute atomic E-state index is 10.5. The Morgan fingerprint density at radius 2 is 2.25 bits per heavy atom. The molecule has 0 saturated heterocycles. The van der Waals surface area contributed by atoms with Crippen LogP contribution in [0.25, 0.3) is 0 Å². The lowest BCUT2D eigenvalue weighted by Gasteiger charge is -2.22. The second-order valence-electron chi connectivity index (χ2n) is 3.81. The van der Waals surface area contributed by atoms with Gasteiger partial charge in [-0.1, -0.05) is 13.3 Å². The van der Waals surface area contributed by atoms with Crippen molar-refractivity contribution in [2.24, 2.45) is 11.8 Å². The van der Waals surface area contributed by atoms with Gasteiger partial charge in [0, 0.05) is 17.8 Å². The Labute approximate surface area is 76.6 Å². The van der Waals surface area contributed by atoms with Crippen molar-refractivity contribution in [2.75, 3.05) is 13.6 Å². The molecule has 1 saturated carbocycles. The highest BCUT2D eigenvalue weighted by Gasteiger charge is 2.22. The average molecular weight is 190 g/mol. The van der Waals surface area contributed by atoms with Crippen molar-refractivity contribution in [3.8, 4) is 0 Å². The maximum atomic E-state index is 10.5. The second kappa shape index (κ2) is 4.35. The van der Waals surface area contributed by atoms with Crippen LogP contribution in [-0.2, 0) is 11.3 Å². The molecule has 0 spiro atoms. The van der Waals surface area contributed by atoms with E-state index in [1.54, 1.807) is 7.05 Å². The Hall–Kier alpha value is 0.0700. The fourth-order valence-electron chi connectivity index (χ4n) is 1.92. The van der Waals surface area contributed by atoms with Crippen molar-refractivity contribution in [1.82, 2.24) is 4.31 Å². The molecule has 1 aliphatic carbocycles. The van der Waals surface area contributed by atoms with E-state index in [0.717, 1.165) is 5.92 Å². The monoisotopic (exact) mass is 190 g/mol. The van der Waals surface area contributed by atoms with Crippen LogP contribution in [0.4, 0.5) is 0 Å².